The molecule has 0 saturated carbocycles. The molecular formula is C17H19NO5S2. The molecule has 134 valence electrons. The molecule has 6 nitrogen and oxygen atoms in total. The van der Waals surface area contributed by atoms with E-state index in [9.17, 15) is 9.59 Å². The standard InChI is InChI=1S/C17H19NO5S2/c1-3-4-7-23-12-6-5-11(8-13(12)22-2)9-14-16(21)18(10-15(19)20)17(24)25-14/h5-6,8-9H,3-4,7,10H2,1-2H3,(H,19,20)/b14-9-. The monoisotopic (exact) mass is 381 g/mol. The second-order valence-electron chi connectivity index (χ2n) is 5.27. The zero-order chi connectivity index (χ0) is 18.4. The molecule has 1 amide bonds. The van der Waals surface area contributed by atoms with Crippen LogP contribution in [0, 0.1) is 0 Å². The fraction of sp³-hybridized carbons (Fsp3) is 0.353. The molecule has 1 aliphatic heterocycles. The molecule has 0 unspecified atom stereocenters. The van der Waals surface area contributed by atoms with Crippen LogP contribution in [0.4, 0.5) is 0 Å². The highest BCUT2D eigenvalue weighted by Crippen LogP contribution is 2.34. The largest absolute Gasteiger partial charge is 0.493 e. The van der Waals surface area contributed by atoms with E-state index in [1.54, 1.807) is 25.3 Å². The molecule has 2 rings (SSSR count). The van der Waals surface area contributed by atoms with Crippen molar-refractivity contribution in [3.63, 3.8) is 0 Å². The van der Waals surface area contributed by atoms with Gasteiger partial charge in [0, 0.05) is 0 Å². The van der Waals surface area contributed by atoms with Crippen molar-refractivity contribution in [2.45, 2.75) is 19.8 Å². The minimum atomic E-state index is -1.10. The molecule has 0 atom stereocenters. The lowest BCUT2D eigenvalue weighted by Gasteiger charge is -2.11. The van der Waals surface area contributed by atoms with Gasteiger partial charge in [0.25, 0.3) is 5.91 Å². The number of ether oxygens (including phenoxy) is 2. The Morgan fingerprint density at radius 2 is 2.16 bits per heavy atom. The maximum atomic E-state index is 12.3. The molecule has 0 radical (unpaired) electrons. The lowest BCUT2D eigenvalue weighted by molar-refractivity contribution is -0.140. The van der Waals surface area contributed by atoms with Crippen molar-refractivity contribution < 1.29 is 24.2 Å². The first-order chi connectivity index (χ1) is 12.0. The Labute approximate surface area is 155 Å². The van der Waals surface area contributed by atoms with Gasteiger partial charge in [0.2, 0.25) is 0 Å². The Morgan fingerprint density at radius 3 is 2.80 bits per heavy atom. The van der Waals surface area contributed by atoms with Crippen LogP contribution in [0.5, 0.6) is 11.5 Å². The lowest BCUT2D eigenvalue weighted by Crippen LogP contribution is -2.33. The third kappa shape index (κ3) is 4.96. The Balaban J connectivity index is 2.19. The predicted molar refractivity (Wildman–Crippen MR) is 101 cm³/mol. The molecule has 0 aliphatic carbocycles. The summed E-state index contributed by atoms with van der Waals surface area (Å²) in [5, 5.41) is 8.86. The maximum Gasteiger partial charge on any atom is 0.323 e. The number of carbonyl (C=O) groups excluding carboxylic acids is 1. The van der Waals surface area contributed by atoms with Crippen LogP contribution < -0.4 is 9.47 Å². The number of hydrogen-bond acceptors (Lipinski definition) is 6. The van der Waals surface area contributed by atoms with Crippen molar-refractivity contribution in [1.82, 2.24) is 4.90 Å². The van der Waals surface area contributed by atoms with Gasteiger partial charge in [-0.25, -0.2) is 0 Å². The summed E-state index contributed by atoms with van der Waals surface area (Å²) in [4.78, 5) is 24.6. The minimum Gasteiger partial charge on any atom is -0.493 e. The second-order valence-corrected chi connectivity index (χ2v) is 6.95. The van der Waals surface area contributed by atoms with E-state index in [1.165, 1.54) is 0 Å². The summed E-state index contributed by atoms with van der Waals surface area (Å²) >= 11 is 6.16. The number of rotatable bonds is 8. The Bertz CT molecular complexity index is 717. The van der Waals surface area contributed by atoms with Crippen LogP contribution in [-0.4, -0.2) is 46.5 Å². The fourth-order valence-corrected chi connectivity index (χ4v) is 3.40. The summed E-state index contributed by atoms with van der Waals surface area (Å²) in [6.45, 7) is 2.26. The molecule has 1 aromatic rings. The van der Waals surface area contributed by atoms with Crippen molar-refractivity contribution in [2.24, 2.45) is 0 Å². The Morgan fingerprint density at radius 1 is 1.40 bits per heavy atom. The van der Waals surface area contributed by atoms with Gasteiger partial charge in [-0.3, -0.25) is 14.5 Å². The molecule has 0 aromatic heterocycles. The van der Waals surface area contributed by atoms with Gasteiger partial charge in [0.1, 0.15) is 10.9 Å². The fourth-order valence-electron chi connectivity index (χ4n) is 2.14. The number of benzene rings is 1. The first-order valence-corrected chi connectivity index (χ1v) is 8.96. The van der Waals surface area contributed by atoms with E-state index in [0.717, 1.165) is 35.1 Å². The van der Waals surface area contributed by atoms with E-state index in [0.29, 0.717) is 23.0 Å². The average Bonchev–Trinajstić information content (AvgIpc) is 2.83. The number of carboxylic acid groups (broad SMARTS) is 1. The van der Waals surface area contributed by atoms with Gasteiger partial charge in [-0.15, -0.1) is 0 Å². The van der Waals surface area contributed by atoms with Gasteiger partial charge in [0.05, 0.1) is 18.6 Å². The molecule has 1 aliphatic rings. The highest BCUT2D eigenvalue weighted by molar-refractivity contribution is 8.26. The highest BCUT2D eigenvalue weighted by Gasteiger charge is 2.33. The number of amides is 1. The number of methoxy groups -OCH3 is 1. The number of carboxylic acids is 1. The summed E-state index contributed by atoms with van der Waals surface area (Å²) < 4.78 is 11.3. The zero-order valence-corrected chi connectivity index (χ0v) is 15.6. The first-order valence-electron chi connectivity index (χ1n) is 7.74. The Hall–Kier alpha value is -2.06. The SMILES string of the molecule is CCCCOc1ccc(/C=C2\SC(=S)N(CC(=O)O)C2=O)cc1OC. The van der Waals surface area contributed by atoms with E-state index < -0.39 is 18.4 Å². The number of carbonyl (C=O) groups is 2. The first kappa shape index (κ1) is 19.3. The van der Waals surface area contributed by atoms with E-state index in [4.69, 9.17) is 26.8 Å². The van der Waals surface area contributed by atoms with Crippen LogP contribution >= 0.6 is 24.0 Å². The minimum absolute atomic E-state index is 0.241. The molecule has 8 heteroatoms. The third-order valence-corrected chi connectivity index (χ3v) is 4.79. The summed E-state index contributed by atoms with van der Waals surface area (Å²) in [7, 11) is 1.55. The van der Waals surface area contributed by atoms with Gasteiger partial charge in [-0.1, -0.05) is 43.4 Å². The van der Waals surface area contributed by atoms with E-state index in [1.807, 2.05) is 6.07 Å². The van der Waals surface area contributed by atoms with Crippen LogP contribution in [0.2, 0.25) is 0 Å². The molecule has 25 heavy (non-hydrogen) atoms. The molecule has 1 aromatic carbocycles. The second kappa shape index (κ2) is 8.87. The number of thiocarbonyl (C=S) groups is 1. The topological polar surface area (TPSA) is 76.1 Å². The van der Waals surface area contributed by atoms with Crippen LogP contribution in [0.15, 0.2) is 23.1 Å². The quantitative estimate of drug-likeness (QED) is 0.421. The molecule has 1 saturated heterocycles. The van der Waals surface area contributed by atoms with Crippen LogP contribution in [-0.2, 0) is 9.59 Å². The van der Waals surface area contributed by atoms with E-state index in [2.05, 4.69) is 6.92 Å². The van der Waals surface area contributed by atoms with E-state index in [-0.39, 0.29) is 4.32 Å². The molecular weight excluding hydrogens is 362 g/mol. The number of aliphatic carboxylic acids is 1. The summed E-state index contributed by atoms with van der Waals surface area (Å²) in [5.41, 5.74) is 0.746. The predicted octanol–water partition coefficient (Wildman–Crippen LogP) is 3.16. The van der Waals surface area contributed by atoms with Crippen molar-refractivity contribution in [1.29, 1.82) is 0 Å². The maximum absolute atomic E-state index is 12.3. The molecule has 1 heterocycles. The smallest absolute Gasteiger partial charge is 0.323 e. The molecule has 1 N–H and O–H groups in total. The number of thioether (sulfide) groups is 1. The normalized spacial score (nSPS) is 15.8. The number of unbranched alkanes of at least 4 members (excludes halogenated alkanes) is 1. The average molecular weight is 381 g/mol. The number of nitrogens with zero attached hydrogens (tertiary/aromatic N) is 1. The van der Waals surface area contributed by atoms with Crippen molar-refractivity contribution in [2.75, 3.05) is 20.3 Å². The molecule has 0 spiro atoms. The van der Waals surface area contributed by atoms with Crippen molar-refractivity contribution >= 4 is 46.3 Å². The third-order valence-electron chi connectivity index (χ3n) is 3.41. The van der Waals surface area contributed by atoms with Crippen LogP contribution in [0.25, 0.3) is 6.08 Å². The molecule has 1 fully saturated rings. The lowest BCUT2D eigenvalue weighted by atomic mass is 10.2. The van der Waals surface area contributed by atoms with E-state index >= 15 is 0 Å². The Kier molecular flexibility index (Phi) is 6.83. The van der Waals surface area contributed by atoms with Gasteiger partial charge in [-0.05, 0) is 30.2 Å². The molecule has 0 bridgehead atoms. The zero-order valence-electron chi connectivity index (χ0n) is 14.0. The summed E-state index contributed by atoms with van der Waals surface area (Å²) in [5.74, 6) is -0.287. The van der Waals surface area contributed by atoms with Gasteiger partial charge < -0.3 is 14.6 Å². The van der Waals surface area contributed by atoms with Crippen molar-refractivity contribution in [3.8, 4) is 11.5 Å². The summed E-state index contributed by atoms with van der Waals surface area (Å²) in [6.07, 6.45) is 3.66. The van der Waals surface area contributed by atoms with Gasteiger partial charge in [0.15, 0.2) is 11.5 Å². The van der Waals surface area contributed by atoms with Crippen molar-refractivity contribution in [3.05, 3.63) is 28.7 Å². The van der Waals surface area contributed by atoms with Gasteiger partial charge >= 0.3 is 5.97 Å². The van der Waals surface area contributed by atoms with Crippen LogP contribution in [0.1, 0.15) is 25.3 Å². The summed E-state index contributed by atoms with van der Waals surface area (Å²) in [6, 6.07) is 5.37. The highest BCUT2D eigenvalue weighted by atomic mass is 32.2. The van der Waals surface area contributed by atoms with Crippen LogP contribution in [0.3, 0.4) is 0 Å². The number of hydrogen-bond donors (Lipinski definition) is 1. The van der Waals surface area contributed by atoms with Gasteiger partial charge in [-0.2, -0.15) is 0 Å².